The highest BCUT2D eigenvalue weighted by atomic mass is 32.2. The van der Waals surface area contributed by atoms with Gasteiger partial charge >= 0.3 is 20.2 Å². The zero-order chi connectivity index (χ0) is 20.9. The van der Waals surface area contributed by atoms with Crippen molar-refractivity contribution in [1.82, 2.24) is 0 Å². The van der Waals surface area contributed by atoms with Crippen LogP contribution in [0.25, 0.3) is 11.1 Å². The van der Waals surface area contributed by atoms with E-state index in [1.165, 1.54) is 0 Å². The smallest absolute Gasteiger partial charge is 0.306 e. The Hall–Kier alpha value is -2.32. The molecule has 6 nitrogen and oxygen atoms in total. The molecule has 0 saturated heterocycles. The van der Waals surface area contributed by atoms with Crippen molar-refractivity contribution in [3.8, 4) is 11.5 Å². The lowest BCUT2D eigenvalue weighted by Crippen LogP contribution is -2.05. The summed E-state index contributed by atoms with van der Waals surface area (Å²) >= 11 is 0. The van der Waals surface area contributed by atoms with Gasteiger partial charge in [0.1, 0.15) is 11.5 Å². The monoisotopic (exact) mass is 424 g/mol. The normalized spacial score (nSPS) is 13.0. The van der Waals surface area contributed by atoms with Crippen LogP contribution in [-0.4, -0.2) is 29.3 Å². The van der Waals surface area contributed by atoms with Crippen molar-refractivity contribution in [2.24, 2.45) is 0 Å². The van der Waals surface area contributed by atoms with Gasteiger partial charge < -0.3 is 8.37 Å². The van der Waals surface area contributed by atoms with E-state index in [1.807, 2.05) is 38.1 Å². The molecule has 0 bridgehead atoms. The first-order valence-corrected chi connectivity index (χ1v) is 12.4. The Morgan fingerprint density at radius 3 is 1.14 bits per heavy atom. The molecule has 0 aliphatic carbocycles. The maximum Gasteiger partial charge on any atom is 0.306 e. The van der Waals surface area contributed by atoms with Gasteiger partial charge in [-0.05, 0) is 59.4 Å². The van der Waals surface area contributed by atoms with E-state index in [2.05, 4.69) is 0 Å². The molecule has 0 aliphatic rings. The van der Waals surface area contributed by atoms with Crippen LogP contribution in [0.1, 0.15) is 37.8 Å². The van der Waals surface area contributed by atoms with Crippen LogP contribution in [0.2, 0.25) is 0 Å². The summed E-state index contributed by atoms with van der Waals surface area (Å²) in [5.41, 5.74) is 4.17. The molecule has 0 saturated carbocycles. The van der Waals surface area contributed by atoms with Crippen LogP contribution in [0.3, 0.4) is 0 Å². The maximum atomic E-state index is 11.3. The minimum atomic E-state index is -3.56. The molecule has 0 atom stereocenters. The molecule has 0 aromatic heterocycles. The third kappa shape index (κ3) is 6.38. The van der Waals surface area contributed by atoms with E-state index < -0.39 is 20.2 Å². The minimum absolute atomic E-state index is 0.266. The zero-order valence-electron chi connectivity index (χ0n) is 16.3. The van der Waals surface area contributed by atoms with Crippen LogP contribution < -0.4 is 8.37 Å². The van der Waals surface area contributed by atoms with E-state index in [1.54, 1.807) is 24.3 Å². The highest BCUT2D eigenvalue weighted by Gasteiger charge is 2.11. The van der Waals surface area contributed by atoms with E-state index in [4.69, 9.17) is 8.37 Å². The largest absolute Gasteiger partial charge is 0.383 e. The van der Waals surface area contributed by atoms with Gasteiger partial charge in [-0.1, -0.05) is 38.1 Å². The molecule has 8 heteroatoms. The fraction of sp³-hybridized carbons (Fsp3) is 0.300. The molecule has 0 spiro atoms. The van der Waals surface area contributed by atoms with Gasteiger partial charge in [-0.15, -0.1) is 0 Å². The molecule has 0 N–H and O–H groups in total. The van der Waals surface area contributed by atoms with Crippen molar-refractivity contribution in [1.29, 1.82) is 0 Å². The van der Waals surface area contributed by atoms with Crippen LogP contribution in [0.5, 0.6) is 11.5 Å². The predicted molar refractivity (Wildman–Crippen MR) is 111 cm³/mol. The third-order valence-electron chi connectivity index (χ3n) is 3.97. The average Bonchev–Trinajstić information content (AvgIpc) is 2.59. The fourth-order valence-corrected chi connectivity index (χ4v) is 3.88. The summed E-state index contributed by atoms with van der Waals surface area (Å²) in [5, 5.41) is 0. The van der Waals surface area contributed by atoms with Crippen molar-refractivity contribution in [2.45, 2.75) is 26.7 Å². The van der Waals surface area contributed by atoms with Gasteiger partial charge in [0.15, 0.2) is 0 Å². The van der Waals surface area contributed by atoms with Gasteiger partial charge in [0.2, 0.25) is 0 Å². The summed E-state index contributed by atoms with van der Waals surface area (Å²) < 4.78 is 54.8. The van der Waals surface area contributed by atoms with Gasteiger partial charge in [0.05, 0.1) is 12.5 Å². The van der Waals surface area contributed by atoms with Crippen LogP contribution in [0, 0.1) is 0 Å². The van der Waals surface area contributed by atoms with Crippen molar-refractivity contribution in [3.05, 3.63) is 59.7 Å². The van der Waals surface area contributed by atoms with Crippen LogP contribution in [0.15, 0.2) is 48.5 Å². The number of benzene rings is 2. The predicted octanol–water partition coefficient (Wildman–Crippen LogP) is 4.09. The van der Waals surface area contributed by atoms with Crippen molar-refractivity contribution in [2.75, 3.05) is 12.5 Å². The summed E-state index contributed by atoms with van der Waals surface area (Å²) in [4.78, 5) is 0. The summed E-state index contributed by atoms with van der Waals surface area (Å²) in [6.07, 6.45) is 3.56. The average molecular weight is 425 g/mol. The molecular weight excluding hydrogens is 400 g/mol. The van der Waals surface area contributed by atoms with E-state index >= 15 is 0 Å². The number of hydrogen-bond donors (Lipinski definition) is 0. The Bertz CT molecular complexity index is 961. The molecule has 2 aromatic carbocycles. The van der Waals surface area contributed by atoms with E-state index in [9.17, 15) is 16.8 Å². The molecule has 0 amide bonds. The highest BCUT2D eigenvalue weighted by Crippen LogP contribution is 2.33. The second-order valence-corrected chi connectivity index (χ2v) is 9.44. The standard InChI is InChI=1S/C20H24O6S2/c1-5-19(15-7-11-17(12-8-15)25-27(3,21)22)20(6-2)16-9-13-18(14-10-16)26-28(4,23)24/h7-14H,5-6H2,1-4H3. The highest BCUT2D eigenvalue weighted by molar-refractivity contribution is 7.86. The van der Waals surface area contributed by atoms with E-state index in [0.717, 1.165) is 47.6 Å². The molecule has 0 aliphatic heterocycles. The molecule has 0 radical (unpaired) electrons. The topological polar surface area (TPSA) is 86.7 Å². The van der Waals surface area contributed by atoms with Gasteiger partial charge in [-0.25, -0.2) is 0 Å². The Labute approximate surface area is 167 Å². The Balaban J connectivity index is 2.39. The SMILES string of the molecule is CCC(=C(CC)c1ccc(OS(C)(=O)=O)cc1)c1ccc(OS(C)(=O)=O)cc1. The summed E-state index contributed by atoms with van der Waals surface area (Å²) in [6, 6.07) is 13.8. The lowest BCUT2D eigenvalue weighted by Gasteiger charge is -2.15. The van der Waals surface area contributed by atoms with Gasteiger partial charge in [0.25, 0.3) is 0 Å². The molecule has 0 heterocycles. The summed E-state index contributed by atoms with van der Waals surface area (Å²) in [6.45, 7) is 4.10. The zero-order valence-corrected chi connectivity index (χ0v) is 17.9. The first-order chi connectivity index (χ1) is 13.0. The number of allylic oxidation sites excluding steroid dienone is 2. The second kappa shape index (κ2) is 8.79. The lowest BCUT2D eigenvalue weighted by molar-refractivity contribution is 0.491. The van der Waals surface area contributed by atoms with Gasteiger partial charge in [-0.3, -0.25) is 0 Å². The van der Waals surface area contributed by atoms with Crippen LogP contribution >= 0.6 is 0 Å². The summed E-state index contributed by atoms with van der Waals surface area (Å²) in [5.74, 6) is 0.532. The Kier molecular flexibility index (Phi) is 6.90. The molecule has 0 fully saturated rings. The molecule has 2 rings (SSSR count). The van der Waals surface area contributed by atoms with Gasteiger partial charge in [0, 0.05) is 0 Å². The molecule has 2 aromatic rings. The molecule has 0 unspecified atom stereocenters. The van der Waals surface area contributed by atoms with E-state index in [0.29, 0.717) is 0 Å². The van der Waals surface area contributed by atoms with Crippen molar-refractivity contribution < 1.29 is 25.2 Å². The second-order valence-electron chi connectivity index (χ2n) is 6.29. The van der Waals surface area contributed by atoms with E-state index in [-0.39, 0.29) is 11.5 Å². The van der Waals surface area contributed by atoms with Crippen molar-refractivity contribution >= 4 is 31.4 Å². The Morgan fingerprint density at radius 2 is 0.929 bits per heavy atom. The number of rotatable bonds is 8. The Morgan fingerprint density at radius 1 is 0.643 bits per heavy atom. The minimum Gasteiger partial charge on any atom is -0.383 e. The van der Waals surface area contributed by atoms with Gasteiger partial charge in [-0.2, -0.15) is 16.8 Å². The van der Waals surface area contributed by atoms with Crippen LogP contribution in [-0.2, 0) is 20.2 Å². The molecule has 152 valence electrons. The molecule has 28 heavy (non-hydrogen) atoms. The van der Waals surface area contributed by atoms with Crippen LogP contribution in [0.4, 0.5) is 0 Å². The van der Waals surface area contributed by atoms with Crippen molar-refractivity contribution in [3.63, 3.8) is 0 Å². The first-order valence-electron chi connectivity index (χ1n) is 8.74. The summed E-state index contributed by atoms with van der Waals surface area (Å²) in [7, 11) is -7.13. The fourth-order valence-electron chi connectivity index (χ4n) is 2.96. The maximum absolute atomic E-state index is 11.3. The third-order valence-corrected chi connectivity index (χ3v) is 4.96. The quantitative estimate of drug-likeness (QED) is 0.468. The first kappa shape index (κ1) is 22.0. The molecular formula is C20H24O6S2. The number of hydrogen-bond acceptors (Lipinski definition) is 6. The lowest BCUT2D eigenvalue weighted by atomic mass is 9.91.